The van der Waals surface area contributed by atoms with Gasteiger partial charge in [-0.25, -0.2) is 0 Å². The Morgan fingerprint density at radius 3 is 1.93 bits per heavy atom. The quantitative estimate of drug-likeness (QED) is 0.634. The van der Waals surface area contributed by atoms with Crippen LogP contribution in [0.15, 0.2) is 0 Å². The largest absolute Gasteiger partial charge is 0.379 e. The number of piperazine rings is 2. The number of carbonyl (C=O) groups is 1. The van der Waals surface area contributed by atoms with E-state index >= 15 is 0 Å². The van der Waals surface area contributed by atoms with Gasteiger partial charge in [-0.3, -0.25) is 24.4 Å². The molecule has 28 heavy (non-hydrogen) atoms. The number of hydrogen-bond acceptors (Lipinski definition) is 6. The van der Waals surface area contributed by atoms with Gasteiger partial charge in [0.15, 0.2) is 0 Å². The molecular weight excluding hydrogens is 354 g/mol. The maximum Gasteiger partial charge on any atom is 0.236 e. The average molecular weight is 394 g/mol. The van der Waals surface area contributed by atoms with E-state index in [9.17, 15) is 4.79 Å². The van der Waals surface area contributed by atoms with Crippen LogP contribution in [0.4, 0.5) is 0 Å². The first-order valence-electron chi connectivity index (χ1n) is 11.5. The number of nitrogens with zero attached hydrogens (tertiary/aromatic N) is 5. The summed E-state index contributed by atoms with van der Waals surface area (Å²) in [6.07, 6.45) is 5.51. The van der Waals surface area contributed by atoms with E-state index in [1.54, 1.807) is 0 Å². The number of hydrogen-bond donors (Lipinski definition) is 0. The normalized spacial score (nSPS) is 27.5. The number of ether oxygens (including phenoxy) is 1. The zero-order valence-corrected chi connectivity index (χ0v) is 17.6. The van der Waals surface area contributed by atoms with Crippen molar-refractivity contribution < 1.29 is 9.53 Å². The summed E-state index contributed by atoms with van der Waals surface area (Å²) in [5, 5.41) is 0. The Hall–Kier alpha value is -0.730. The second-order valence-corrected chi connectivity index (χ2v) is 8.93. The molecule has 0 spiro atoms. The lowest BCUT2D eigenvalue weighted by molar-refractivity contribution is -0.135. The van der Waals surface area contributed by atoms with E-state index in [0.29, 0.717) is 12.5 Å². The lowest BCUT2D eigenvalue weighted by atomic mass is 10.2. The predicted octanol–water partition coefficient (Wildman–Crippen LogP) is 0.0230. The standard InChI is InChI=1S/C21H39N5O2/c27-21(26-13-11-25(12-14-26)20-3-1-2-4-20)19-24-9-7-22(8-10-24)5-6-23-15-17-28-18-16-23/h20H,1-19H2. The SMILES string of the molecule is O=C(CN1CCN(CCN2CCOCC2)CC1)N1CCN(C2CCCC2)CC1. The van der Waals surface area contributed by atoms with E-state index in [2.05, 4.69) is 24.5 Å². The smallest absolute Gasteiger partial charge is 0.236 e. The first-order chi connectivity index (χ1) is 13.8. The van der Waals surface area contributed by atoms with E-state index < -0.39 is 0 Å². The van der Waals surface area contributed by atoms with Gasteiger partial charge in [0.05, 0.1) is 19.8 Å². The topological polar surface area (TPSA) is 42.5 Å². The second-order valence-electron chi connectivity index (χ2n) is 8.93. The first-order valence-corrected chi connectivity index (χ1v) is 11.5. The van der Waals surface area contributed by atoms with Gasteiger partial charge < -0.3 is 9.64 Å². The predicted molar refractivity (Wildman–Crippen MR) is 111 cm³/mol. The van der Waals surface area contributed by atoms with E-state index in [1.807, 2.05) is 0 Å². The minimum atomic E-state index is 0.341. The van der Waals surface area contributed by atoms with E-state index in [0.717, 1.165) is 97.8 Å². The van der Waals surface area contributed by atoms with Crippen LogP contribution in [0.3, 0.4) is 0 Å². The molecule has 0 aromatic heterocycles. The zero-order chi connectivity index (χ0) is 19.2. The molecule has 4 fully saturated rings. The Kier molecular flexibility index (Phi) is 7.59. The van der Waals surface area contributed by atoms with Crippen LogP contribution in [0.5, 0.6) is 0 Å². The molecule has 1 aliphatic carbocycles. The maximum absolute atomic E-state index is 12.7. The molecule has 0 aromatic carbocycles. The number of carbonyl (C=O) groups excluding carboxylic acids is 1. The molecule has 0 radical (unpaired) electrons. The van der Waals surface area contributed by atoms with Crippen LogP contribution in [0.2, 0.25) is 0 Å². The van der Waals surface area contributed by atoms with Gasteiger partial charge in [-0.2, -0.15) is 0 Å². The molecule has 3 saturated heterocycles. The van der Waals surface area contributed by atoms with Crippen LogP contribution in [0.1, 0.15) is 25.7 Å². The molecule has 0 atom stereocenters. The summed E-state index contributed by atoms with van der Waals surface area (Å²) in [5.74, 6) is 0.341. The van der Waals surface area contributed by atoms with Crippen molar-refractivity contribution in [1.82, 2.24) is 24.5 Å². The first kappa shape index (κ1) is 20.5. The fraction of sp³-hybridized carbons (Fsp3) is 0.952. The van der Waals surface area contributed by atoms with Gasteiger partial charge in [0.25, 0.3) is 0 Å². The molecule has 4 aliphatic rings. The van der Waals surface area contributed by atoms with Crippen molar-refractivity contribution in [1.29, 1.82) is 0 Å². The lowest BCUT2D eigenvalue weighted by Gasteiger charge is -2.40. The van der Waals surface area contributed by atoms with Gasteiger partial charge in [-0.1, -0.05) is 12.8 Å². The highest BCUT2D eigenvalue weighted by Crippen LogP contribution is 2.24. The summed E-state index contributed by atoms with van der Waals surface area (Å²) in [5.41, 5.74) is 0. The van der Waals surface area contributed by atoms with Crippen molar-refractivity contribution in [3.8, 4) is 0 Å². The highest BCUT2D eigenvalue weighted by Gasteiger charge is 2.29. The van der Waals surface area contributed by atoms with Gasteiger partial charge in [0.2, 0.25) is 5.91 Å². The lowest BCUT2D eigenvalue weighted by Crippen LogP contribution is -2.55. The highest BCUT2D eigenvalue weighted by molar-refractivity contribution is 5.78. The minimum Gasteiger partial charge on any atom is -0.379 e. The molecule has 1 amide bonds. The molecule has 0 bridgehead atoms. The third kappa shape index (κ3) is 5.66. The van der Waals surface area contributed by atoms with Crippen LogP contribution in [-0.2, 0) is 9.53 Å². The van der Waals surface area contributed by atoms with E-state index in [1.165, 1.54) is 25.7 Å². The fourth-order valence-corrected chi connectivity index (χ4v) is 5.18. The summed E-state index contributed by atoms with van der Waals surface area (Å²) >= 11 is 0. The second kappa shape index (κ2) is 10.3. The molecule has 0 N–H and O–H groups in total. The summed E-state index contributed by atoms with van der Waals surface area (Å²) in [6, 6.07) is 0.794. The zero-order valence-electron chi connectivity index (χ0n) is 17.6. The van der Waals surface area contributed by atoms with Gasteiger partial charge in [-0.15, -0.1) is 0 Å². The third-order valence-corrected chi connectivity index (χ3v) is 7.17. The van der Waals surface area contributed by atoms with Crippen molar-refractivity contribution in [2.24, 2.45) is 0 Å². The van der Waals surface area contributed by atoms with Gasteiger partial charge >= 0.3 is 0 Å². The van der Waals surface area contributed by atoms with Crippen molar-refractivity contribution in [2.75, 3.05) is 98.3 Å². The molecule has 7 heteroatoms. The van der Waals surface area contributed by atoms with Gasteiger partial charge in [0.1, 0.15) is 0 Å². The summed E-state index contributed by atoms with van der Waals surface area (Å²) in [7, 11) is 0. The number of morpholine rings is 1. The molecule has 7 nitrogen and oxygen atoms in total. The molecule has 3 heterocycles. The monoisotopic (exact) mass is 393 g/mol. The summed E-state index contributed by atoms with van der Waals surface area (Å²) in [6.45, 7) is 15.0. The minimum absolute atomic E-state index is 0.341. The van der Waals surface area contributed by atoms with Crippen LogP contribution in [0.25, 0.3) is 0 Å². The molecule has 3 aliphatic heterocycles. The molecule has 4 rings (SSSR count). The number of rotatable bonds is 6. The molecular formula is C21H39N5O2. The average Bonchev–Trinajstić information content (AvgIpc) is 3.29. The van der Waals surface area contributed by atoms with E-state index in [4.69, 9.17) is 4.74 Å². The molecule has 1 saturated carbocycles. The van der Waals surface area contributed by atoms with Crippen LogP contribution >= 0.6 is 0 Å². The van der Waals surface area contributed by atoms with Crippen LogP contribution in [0, 0.1) is 0 Å². The Balaban J connectivity index is 1.10. The van der Waals surface area contributed by atoms with Crippen LogP contribution in [-0.4, -0.2) is 135 Å². The van der Waals surface area contributed by atoms with Gasteiger partial charge in [-0.05, 0) is 12.8 Å². The maximum atomic E-state index is 12.7. The molecule has 0 aromatic rings. The van der Waals surface area contributed by atoms with Gasteiger partial charge in [0, 0.05) is 84.6 Å². The third-order valence-electron chi connectivity index (χ3n) is 7.17. The molecule has 160 valence electrons. The van der Waals surface area contributed by atoms with Crippen LogP contribution < -0.4 is 0 Å². The fourth-order valence-electron chi connectivity index (χ4n) is 5.18. The van der Waals surface area contributed by atoms with Crippen molar-refractivity contribution >= 4 is 5.91 Å². The van der Waals surface area contributed by atoms with Crippen molar-refractivity contribution in [3.63, 3.8) is 0 Å². The van der Waals surface area contributed by atoms with Crippen molar-refractivity contribution in [2.45, 2.75) is 31.7 Å². The highest BCUT2D eigenvalue weighted by atomic mass is 16.5. The summed E-state index contributed by atoms with van der Waals surface area (Å²) in [4.78, 5) is 24.9. The Morgan fingerprint density at radius 2 is 1.29 bits per heavy atom. The summed E-state index contributed by atoms with van der Waals surface area (Å²) < 4.78 is 5.42. The molecule has 0 unspecified atom stereocenters. The Bertz CT molecular complexity index is 477. The Morgan fingerprint density at radius 1 is 0.714 bits per heavy atom. The van der Waals surface area contributed by atoms with E-state index in [-0.39, 0.29) is 0 Å². The van der Waals surface area contributed by atoms with Crippen molar-refractivity contribution in [3.05, 3.63) is 0 Å². The number of amides is 1. The Labute approximate surface area is 170 Å².